The molecule has 1 saturated carbocycles. The van der Waals surface area contributed by atoms with E-state index >= 15 is 0 Å². The van der Waals surface area contributed by atoms with Crippen LogP contribution in [0.25, 0.3) is 0 Å². The summed E-state index contributed by atoms with van der Waals surface area (Å²) in [6, 6.07) is 0. The summed E-state index contributed by atoms with van der Waals surface area (Å²) in [7, 11) is 0. The lowest BCUT2D eigenvalue weighted by Crippen LogP contribution is -2.30. The van der Waals surface area contributed by atoms with Crippen molar-refractivity contribution in [2.24, 2.45) is 11.8 Å². The van der Waals surface area contributed by atoms with Crippen LogP contribution in [0.3, 0.4) is 0 Å². The predicted octanol–water partition coefficient (Wildman–Crippen LogP) is 2.90. The maximum Gasteiger partial charge on any atom is 0.103 e. The monoisotopic (exact) mass is 199 g/mol. The molecule has 0 radical (unpaired) electrons. The molecule has 1 aliphatic heterocycles. The molecule has 1 heterocycles. The summed E-state index contributed by atoms with van der Waals surface area (Å²) in [4.78, 5) is 0. The quantitative estimate of drug-likeness (QED) is 0.737. The second-order valence-electron chi connectivity index (χ2n) is 4.99. The Bertz CT molecular complexity index is 160. The molecule has 1 nitrogen and oxygen atoms in total. The lowest BCUT2D eigenvalue weighted by Gasteiger charge is -2.26. The van der Waals surface area contributed by atoms with Crippen LogP contribution in [-0.2, 0) is 0 Å². The third-order valence-corrected chi connectivity index (χ3v) is 3.93. The van der Waals surface area contributed by atoms with Crippen molar-refractivity contribution in [3.8, 4) is 0 Å². The van der Waals surface area contributed by atoms with E-state index in [9.17, 15) is 4.39 Å². The van der Waals surface area contributed by atoms with Crippen LogP contribution in [0.1, 0.15) is 44.9 Å². The number of hydrogen-bond acceptors (Lipinski definition) is 1. The average molecular weight is 199 g/mol. The van der Waals surface area contributed by atoms with Gasteiger partial charge in [0.05, 0.1) is 0 Å². The van der Waals surface area contributed by atoms with Gasteiger partial charge in [0.15, 0.2) is 0 Å². The van der Waals surface area contributed by atoms with Crippen LogP contribution in [0.4, 0.5) is 4.39 Å². The van der Waals surface area contributed by atoms with Crippen LogP contribution >= 0.6 is 0 Å². The van der Waals surface area contributed by atoms with Gasteiger partial charge >= 0.3 is 0 Å². The maximum atomic E-state index is 13.9. The Kier molecular flexibility index (Phi) is 3.80. The van der Waals surface area contributed by atoms with E-state index in [0.717, 1.165) is 32.4 Å². The second kappa shape index (κ2) is 5.11. The van der Waals surface area contributed by atoms with Gasteiger partial charge in [-0.05, 0) is 57.0 Å². The summed E-state index contributed by atoms with van der Waals surface area (Å²) in [6.07, 6.45) is 7.53. The van der Waals surface area contributed by atoms with Crippen molar-refractivity contribution in [3.05, 3.63) is 0 Å². The highest BCUT2D eigenvalue weighted by molar-refractivity contribution is 4.79. The Balaban J connectivity index is 1.72. The van der Waals surface area contributed by atoms with Crippen molar-refractivity contribution in [2.75, 3.05) is 13.1 Å². The molecule has 14 heavy (non-hydrogen) atoms. The third kappa shape index (κ3) is 2.69. The van der Waals surface area contributed by atoms with Crippen molar-refractivity contribution < 1.29 is 4.39 Å². The number of alkyl halides is 1. The van der Waals surface area contributed by atoms with Crippen LogP contribution < -0.4 is 5.32 Å². The molecule has 1 aliphatic carbocycles. The van der Waals surface area contributed by atoms with Gasteiger partial charge in [0.25, 0.3) is 0 Å². The van der Waals surface area contributed by atoms with Crippen LogP contribution in [0, 0.1) is 11.8 Å². The molecule has 1 N–H and O–H groups in total. The standard InChI is InChI=1S/C12H22FN/c13-12(11-3-1-2-4-11)9-10-5-7-14-8-6-10/h10-12,14H,1-9H2. The van der Waals surface area contributed by atoms with Crippen LogP contribution in [-0.4, -0.2) is 19.3 Å². The SMILES string of the molecule is FC(CC1CCNCC1)C1CCCC1. The van der Waals surface area contributed by atoms with Gasteiger partial charge in [0.1, 0.15) is 6.17 Å². The molecule has 1 atom stereocenters. The largest absolute Gasteiger partial charge is 0.317 e. The van der Waals surface area contributed by atoms with E-state index < -0.39 is 6.17 Å². The first-order chi connectivity index (χ1) is 6.86. The van der Waals surface area contributed by atoms with Crippen molar-refractivity contribution in [3.63, 3.8) is 0 Å². The van der Waals surface area contributed by atoms with Crippen molar-refractivity contribution in [2.45, 2.75) is 51.1 Å². The summed E-state index contributed by atoms with van der Waals surface area (Å²) in [5.74, 6) is 1.07. The minimum absolute atomic E-state index is 0.407. The van der Waals surface area contributed by atoms with Gasteiger partial charge in [-0.25, -0.2) is 4.39 Å². The molecule has 0 aromatic carbocycles. The minimum Gasteiger partial charge on any atom is -0.317 e. The zero-order valence-corrected chi connectivity index (χ0v) is 8.97. The fourth-order valence-electron chi connectivity index (χ4n) is 2.95. The third-order valence-electron chi connectivity index (χ3n) is 3.93. The summed E-state index contributed by atoms with van der Waals surface area (Å²) >= 11 is 0. The molecule has 1 saturated heterocycles. The van der Waals surface area contributed by atoms with E-state index in [-0.39, 0.29) is 0 Å². The zero-order valence-electron chi connectivity index (χ0n) is 8.97. The number of piperidine rings is 1. The van der Waals surface area contributed by atoms with Gasteiger partial charge in [-0.1, -0.05) is 12.8 Å². The number of hydrogen-bond donors (Lipinski definition) is 1. The second-order valence-corrected chi connectivity index (χ2v) is 4.99. The van der Waals surface area contributed by atoms with Gasteiger partial charge in [-0.3, -0.25) is 0 Å². The van der Waals surface area contributed by atoms with Gasteiger partial charge in [-0.2, -0.15) is 0 Å². The molecule has 2 rings (SSSR count). The van der Waals surface area contributed by atoms with E-state index in [4.69, 9.17) is 0 Å². The highest BCUT2D eigenvalue weighted by Crippen LogP contribution is 2.33. The fraction of sp³-hybridized carbons (Fsp3) is 1.00. The predicted molar refractivity (Wildman–Crippen MR) is 57.1 cm³/mol. The van der Waals surface area contributed by atoms with Crippen molar-refractivity contribution in [1.29, 1.82) is 0 Å². The lowest BCUT2D eigenvalue weighted by atomic mass is 9.87. The van der Waals surface area contributed by atoms with Crippen LogP contribution in [0.2, 0.25) is 0 Å². The Morgan fingerprint density at radius 3 is 2.36 bits per heavy atom. The van der Waals surface area contributed by atoms with Crippen LogP contribution in [0.5, 0.6) is 0 Å². The first-order valence-electron chi connectivity index (χ1n) is 6.21. The highest BCUT2D eigenvalue weighted by atomic mass is 19.1. The molecule has 0 amide bonds. The molecule has 82 valence electrons. The van der Waals surface area contributed by atoms with E-state index in [1.807, 2.05) is 0 Å². The van der Waals surface area contributed by atoms with Crippen LogP contribution in [0.15, 0.2) is 0 Å². The maximum absolute atomic E-state index is 13.9. The van der Waals surface area contributed by atoms with Crippen molar-refractivity contribution in [1.82, 2.24) is 5.32 Å². The Morgan fingerprint density at radius 1 is 1.07 bits per heavy atom. The topological polar surface area (TPSA) is 12.0 Å². The lowest BCUT2D eigenvalue weighted by molar-refractivity contribution is 0.172. The molecule has 0 spiro atoms. The summed E-state index contributed by atoms with van der Waals surface area (Å²) < 4.78 is 13.9. The van der Waals surface area contributed by atoms with Crippen molar-refractivity contribution >= 4 is 0 Å². The Labute approximate surface area is 86.5 Å². The molecule has 0 aromatic rings. The molecule has 0 bridgehead atoms. The number of rotatable bonds is 3. The highest BCUT2D eigenvalue weighted by Gasteiger charge is 2.27. The van der Waals surface area contributed by atoms with E-state index in [1.54, 1.807) is 0 Å². The molecular formula is C12H22FN. The zero-order chi connectivity index (χ0) is 9.80. The van der Waals surface area contributed by atoms with Gasteiger partial charge in [0, 0.05) is 0 Å². The summed E-state index contributed by atoms with van der Waals surface area (Å²) in [5.41, 5.74) is 0. The molecule has 2 fully saturated rings. The number of halogens is 1. The van der Waals surface area contributed by atoms with Gasteiger partial charge in [-0.15, -0.1) is 0 Å². The van der Waals surface area contributed by atoms with Gasteiger partial charge < -0.3 is 5.32 Å². The van der Waals surface area contributed by atoms with E-state index in [0.29, 0.717) is 11.8 Å². The fourth-order valence-corrected chi connectivity index (χ4v) is 2.95. The van der Waals surface area contributed by atoms with E-state index in [2.05, 4.69) is 5.32 Å². The Hall–Kier alpha value is -0.110. The first-order valence-corrected chi connectivity index (χ1v) is 6.21. The summed E-state index contributed by atoms with van der Waals surface area (Å²) in [6.45, 7) is 2.20. The molecule has 2 heteroatoms. The number of nitrogens with one attached hydrogen (secondary N) is 1. The molecule has 2 aliphatic rings. The van der Waals surface area contributed by atoms with E-state index in [1.165, 1.54) is 25.7 Å². The molecule has 0 aromatic heterocycles. The Morgan fingerprint density at radius 2 is 1.71 bits per heavy atom. The average Bonchev–Trinajstić information content (AvgIpc) is 2.72. The smallest absolute Gasteiger partial charge is 0.103 e. The van der Waals surface area contributed by atoms with Gasteiger partial charge in [0.2, 0.25) is 0 Å². The first kappa shape index (κ1) is 10.4. The summed E-state index contributed by atoms with van der Waals surface area (Å²) in [5, 5.41) is 3.34. The normalized spacial score (nSPS) is 28.1. The minimum atomic E-state index is -0.499. The molecule has 1 unspecified atom stereocenters. The molecular weight excluding hydrogens is 177 g/mol.